The van der Waals surface area contributed by atoms with Crippen molar-refractivity contribution in [2.24, 2.45) is 5.92 Å². The lowest BCUT2D eigenvalue weighted by molar-refractivity contribution is -0.149. The van der Waals surface area contributed by atoms with Gasteiger partial charge in [0.1, 0.15) is 5.54 Å². The molecule has 2 rings (SSSR count). The highest BCUT2D eigenvalue weighted by molar-refractivity contribution is 5.89. The lowest BCUT2D eigenvalue weighted by Crippen LogP contribution is -2.59. The van der Waals surface area contributed by atoms with Crippen LogP contribution in [0.25, 0.3) is 0 Å². The Labute approximate surface area is 120 Å². The number of rotatable bonds is 3. The van der Waals surface area contributed by atoms with Crippen LogP contribution >= 0.6 is 0 Å². The lowest BCUT2D eigenvalue weighted by Gasteiger charge is -2.40. The Kier molecular flexibility index (Phi) is 4.68. The molecule has 20 heavy (non-hydrogen) atoms. The molecule has 2 N–H and O–H groups in total. The van der Waals surface area contributed by atoms with Crippen LogP contribution < -0.4 is 10.6 Å². The molecule has 5 nitrogen and oxygen atoms in total. The molecule has 0 spiro atoms. The SMILES string of the molecule is COC(=O)C(C)(C)NC(=O)C1CCC2CCCCC2N1. The zero-order valence-electron chi connectivity index (χ0n) is 12.7. The number of hydrogen-bond donors (Lipinski definition) is 2. The fourth-order valence-electron chi connectivity index (χ4n) is 3.40. The third kappa shape index (κ3) is 3.32. The smallest absolute Gasteiger partial charge is 0.330 e. The molecule has 0 bridgehead atoms. The fraction of sp³-hybridized carbons (Fsp3) is 0.867. The highest BCUT2D eigenvalue weighted by atomic mass is 16.5. The van der Waals surface area contributed by atoms with Crippen LogP contribution in [0.1, 0.15) is 52.4 Å². The number of fused-ring (bicyclic) bond motifs is 1. The largest absolute Gasteiger partial charge is 0.467 e. The van der Waals surface area contributed by atoms with Crippen molar-refractivity contribution in [2.45, 2.75) is 70.0 Å². The summed E-state index contributed by atoms with van der Waals surface area (Å²) in [6.07, 6.45) is 6.96. The van der Waals surface area contributed by atoms with E-state index >= 15 is 0 Å². The second-order valence-electron chi connectivity index (χ2n) is 6.55. The molecule has 1 saturated heterocycles. The quantitative estimate of drug-likeness (QED) is 0.767. The molecule has 2 fully saturated rings. The van der Waals surface area contributed by atoms with Crippen LogP contribution in [0, 0.1) is 5.92 Å². The summed E-state index contributed by atoms with van der Waals surface area (Å²) >= 11 is 0. The third-order valence-corrected chi connectivity index (χ3v) is 4.60. The summed E-state index contributed by atoms with van der Waals surface area (Å²) in [6, 6.07) is 0.285. The van der Waals surface area contributed by atoms with Crippen LogP contribution in [0.4, 0.5) is 0 Å². The first-order valence-corrected chi connectivity index (χ1v) is 7.60. The standard InChI is InChI=1S/C15H26N2O3/c1-15(2,14(19)20-3)17-13(18)12-9-8-10-6-4-5-7-11(10)16-12/h10-12,16H,4-9H2,1-3H3,(H,17,18). The van der Waals surface area contributed by atoms with E-state index in [1.54, 1.807) is 13.8 Å². The molecule has 3 unspecified atom stereocenters. The van der Waals surface area contributed by atoms with Crippen molar-refractivity contribution in [1.82, 2.24) is 10.6 Å². The van der Waals surface area contributed by atoms with E-state index in [4.69, 9.17) is 4.74 Å². The highest BCUT2D eigenvalue weighted by Gasteiger charge is 2.37. The third-order valence-electron chi connectivity index (χ3n) is 4.60. The van der Waals surface area contributed by atoms with Crippen molar-refractivity contribution in [2.75, 3.05) is 7.11 Å². The molecule has 1 heterocycles. The summed E-state index contributed by atoms with van der Waals surface area (Å²) in [5.74, 6) is 0.211. The number of piperidine rings is 1. The number of esters is 1. The molecule has 1 amide bonds. The van der Waals surface area contributed by atoms with Gasteiger partial charge in [0.25, 0.3) is 0 Å². The maximum atomic E-state index is 12.3. The van der Waals surface area contributed by atoms with Gasteiger partial charge in [-0.3, -0.25) is 4.79 Å². The van der Waals surface area contributed by atoms with E-state index < -0.39 is 11.5 Å². The summed E-state index contributed by atoms with van der Waals surface area (Å²) in [5.41, 5.74) is -0.975. The molecule has 0 aromatic rings. The second kappa shape index (κ2) is 6.12. The van der Waals surface area contributed by atoms with Gasteiger partial charge in [0.15, 0.2) is 0 Å². The molecule has 0 aromatic carbocycles. The molecule has 1 saturated carbocycles. The van der Waals surface area contributed by atoms with Gasteiger partial charge in [-0.15, -0.1) is 0 Å². The van der Waals surface area contributed by atoms with Gasteiger partial charge in [0, 0.05) is 6.04 Å². The predicted octanol–water partition coefficient (Wildman–Crippen LogP) is 1.36. The number of methoxy groups -OCH3 is 1. The average Bonchev–Trinajstić information content (AvgIpc) is 2.45. The Balaban J connectivity index is 1.91. The second-order valence-corrected chi connectivity index (χ2v) is 6.55. The molecule has 1 aliphatic carbocycles. The summed E-state index contributed by atoms with van der Waals surface area (Å²) in [6.45, 7) is 3.34. The maximum absolute atomic E-state index is 12.3. The van der Waals surface area contributed by atoms with Crippen LogP contribution in [-0.2, 0) is 14.3 Å². The van der Waals surface area contributed by atoms with Crippen LogP contribution in [0.2, 0.25) is 0 Å². The van der Waals surface area contributed by atoms with Gasteiger partial charge in [0.2, 0.25) is 5.91 Å². The molecule has 1 aliphatic heterocycles. The minimum absolute atomic E-state index is 0.0931. The maximum Gasteiger partial charge on any atom is 0.330 e. The first-order valence-electron chi connectivity index (χ1n) is 7.60. The lowest BCUT2D eigenvalue weighted by atomic mass is 9.77. The summed E-state index contributed by atoms with van der Waals surface area (Å²) in [5, 5.41) is 6.27. The van der Waals surface area contributed by atoms with Crippen LogP contribution in [0.3, 0.4) is 0 Å². The van der Waals surface area contributed by atoms with Crippen molar-refractivity contribution >= 4 is 11.9 Å². The number of amides is 1. The first-order chi connectivity index (χ1) is 9.44. The normalized spacial score (nSPS) is 30.2. The minimum atomic E-state index is -0.975. The van der Waals surface area contributed by atoms with Gasteiger partial charge in [-0.25, -0.2) is 4.79 Å². The van der Waals surface area contributed by atoms with Crippen molar-refractivity contribution in [3.8, 4) is 0 Å². The Hall–Kier alpha value is -1.10. The summed E-state index contributed by atoms with van der Waals surface area (Å²) < 4.78 is 4.72. The molecule has 2 aliphatic rings. The van der Waals surface area contributed by atoms with E-state index in [1.807, 2.05) is 0 Å². The number of carbonyl (C=O) groups is 2. The number of carbonyl (C=O) groups excluding carboxylic acids is 2. The number of hydrogen-bond acceptors (Lipinski definition) is 4. The van der Waals surface area contributed by atoms with Crippen molar-refractivity contribution < 1.29 is 14.3 Å². The average molecular weight is 282 g/mol. The summed E-state index contributed by atoms with van der Waals surface area (Å²) in [4.78, 5) is 23.9. The van der Waals surface area contributed by atoms with Crippen molar-refractivity contribution in [1.29, 1.82) is 0 Å². The van der Waals surface area contributed by atoms with Gasteiger partial charge < -0.3 is 15.4 Å². The summed E-state index contributed by atoms with van der Waals surface area (Å²) in [7, 11) is 1.34. The van der Waals surface area contributed by atoms with E-state index in [-0.39, 0.29) is 11.9 Å². The van der Waals surface area contributed by atoms with Gasteiger partial charge in [-0.05, 0) is 45.4 Å². The molecular formula is C15H26N2O3. The van der Waals surface area contributed by atoms with Crippen LogP contribution in [0.15, 0.2) is 0 Å². The van der Waals surface area contributed by atoms with E-state index in [1.165, 1.54) is 26.4 Å². The molecule has 5 heteroatoms. The van der Waals surface area contributed by atoms with Gasteiger partial charge in [0.05, 0.1) is 13.2 Å². The Morgan fingerprint density at radius 2 is 1.85 bits per heavy atom. The van der Waals surface area contributed by atoms with E-state index in [9.17, 15) is 9.59 Å². The highest BCUT2D eigenvalue weighted by Crippen LogP contribution is 2.32. The van der Waals surface area contributed by atoms with E-state index in [0.717, 1.165) is 25.2 Å². The Morgan fingerprint density at radius 3 is 2.55 bits per heavy atom. The van der Waals surface area contributed by atoms with Gasteiger partial charge in [-0.2, -0.15) is 0 Å². The van der Waals surface area contributed by atoms with Crippen molar-refractivity contribution in [3.05, 3.63) is 0 Å². The zero-order chi connectivity index (χ0) is 14.8. The molecule has 3 atom stereocenters. The van der Waals surface area contributed by atoms with Gasteiger partial charge in [-0.1, -0.05) is 12.8 Å². The Bertz CT molecular complexity index is 381. The van der Waals surface area contributed by atoms with Crippen LogP contribution in [-0.4, -0.2) is 36.6 Å². The van der Waals surface area contributed by atoms with E-state index in [0.29, 0.717) is 6.04 Å². The minimum Gasteiger partial charge on any atom is -0.467 e. The van der Waals surface area contributed by atoms with Gasteiger partial charge >= 0.3 is 5.97 Å². The Morgan fingerprint density at radius 1 is 1.15 bits per heavy atom. The van der Waals surface area contributed by atoms with Crippen molar-refractivity contribution in [3.63, 3.8) is 0 Å². The molecule has 0 aromatic heterocycles. The molecule has 114 valence electrons. The topological polar surface area (TPSA) is 67.4 Å². The van der Waals surface area contributed by atoms with E-state index in [2.05, 4.69) is 10.6 Å². The fourth-order valence-corrected chi connectivity index (χ4v) is 3.40. The molecule has 0 radical (unpaired) electrons. The number of nitrogens with one attached hydrogen (secondary N) is 2. The number of ether oxygens (including phenoxy) is 1. The zero-order valence-corrected chi connectivity index (χ0v) is 12.7. The first kappa shape index (κ1) is 15.3. The van der Waals surface area contributed by atoms with Crippen LogP contribution in [0.5, 0.6) is 0 Å². The monoisotopic (exact) mass is 282 g/mol. The molecular weight excluding hydrogens is 256 g/mol. The predicted molar refractivity (Wildman–Crippen MR) is 76.1 cm³/mol.